The zero-order valence-corrected chi connectivity index (χ0v) is 10.9. The molecule has 17 heavy (non-hydrogen) atoms. The van der Waals surface area contributed by atoms with E-state index >= 15 is 0 Å². The summed E-state index contributed by atoms with van der Waals surface area (Å²) < 4.78 is 82.8. The Kier molecular flexibility index (Phi) is 2.70. The number of hydrogen-bond acceptors (Lipinski definition) is 2. The van der Waals surface area contributed by atoms with E-state index in [0.29, 0.717) is 6.07 Å². The fraction of sp³-hybridized carbons (Fsp3) is 0. The molecule has 0 fully saturated rings. The van der Waals surface area contributed by atoms with E-state index in [2.05, 4.69) is 21.1 Å². The highest BCUT2D eigenvalue weighted by molar-refractivity contribution is 9.10. The lowest BCUT2D eigenvalue weighted by Gasteiger charge is -2.40. The number of sulfonamides is 1. The molecule has 0 saturated carbocycles. The summed E-state index contributed by atoms with van der Waals surface area (Å²) in [4.78, 5) is -2.90. The molecule has 0 heterocycles. The van der Waals surface area contributed by atoms with Crippen molar-refractivity contribution in [3.63, 3.8) is 0 Å². The molecule has 0 aliphatic heterocycles. The van der Waals surface area contributed by atoms with Gasteiger partial charge in [-0.3, -0.25) is 0 Å². The van der Waals surface area contributed by atoms with Crippen LogP contribution >= 0.6 is 26.2 Å². The van der Waals surface area contributed by atoms with Crippen LogP contribution in [0.5, 0.6) is 0 Å². The van der Waals surface area contributed by atoms with E-state index in [9.17, 15) is 27.8 Å². The summed E-state index contributed by atoms with van der Waals surface area (Å²) in [5.74, 6) is 0. The molecule has 0 unspecified atom stereocenters. The standard InChI is InChI=1S/C6H5BrF5NO2S2/c7-5-3-4(17(8,9,10,11)12)1-2-6(5)16(13,14)15/h1-3H,(H2,13,14,15). The quantitative estimate of drug-likeness (QED) is 0.815. The van der Waals surface area contributed by atoms with Crippen LogP contribution in [-0.4, -0.2) is 8.42 Å². The minimum absolute atomic E-state index is 0.0126. The summed E-state index contributed by atoms with van der Waals surface area (Å²) in [6.45, 7) is 0. The van der Waals surface area contributed by atoms with E-state index in [-0.39, 0.29) is 12.1 Å². The maximum atomic E-state index is 12.4. The second-order valence-corrected chi connectivity index (χ2v) is 7.90. The third-order valence-electron chi connectivity index (χ3n) is 1.66. The minimum atomic E-state index is -9.82. The summed E-state index contributed by atoms with van der Waals surface area (Å²) in [7, 11) is -14.1. The van der Waals surface area contributed by atoms with Gasteiger partial charge in [-0.05, 0) is 34.1 Å². The summed E-state index contributed by atoms with van der Waals surface area (Å²) in [5.41, 5.74) is 0. The molecule has 1 aromatic rings. The van der Waals surface area contributed by atoms with Crippen molar-refractivity contribution >= 4 is 36.2 Å². The highest BCUT2D eigenvalue weighted by atomic mass is 79.9. The molecule has 0 aliphatic carbocycles. The van der Waals surface area contributed by atoms with Gasteiger partial charge in [-0.2, -0.15) is 0 Å². The Labute approximate surface area is 102 Å². The van der Waals surface area contributed by atoms with Gasteiger partial charge in [0, 0.05) is 4.47 Å². The molecule has 2 N–H and O–H groups in total. The average Bonchev–Trinajstić information content (AvgIpc) is 1.96. The molecule has 0 radical (unpaired) electrons. The lowest BCUT2D eigenvalue weighted by molar-refractivity contribution is 0.363. The van der Waals surface area contributed by atoms with E-state index in [0.717, 1.165) is 0 Å². The number of hydrogen-bond donors (Lipinski definition) is 1. The predicted octanol–water partition coefficient (Wildman–Crippen LogP) is 3.75. The first-order valence-corrected chi connectivity index (χ1v) is 7.97. The Morgan fingerprint density at radius 1 is 1.12 bits per heavy atom. The zero-order chi connectivity index (χ0) is 13.8. The van der Waals surface area contributed by atoms with Crippen LogP contribution in [0.1, 0.15) is 0 Å². The molecule has 0 amide bonds. The van der Waals surface area contributed by atoms with Gasteiger partial charge in [-0.25, -0.2) is 13.6 Å². The summed E-state index contributed by atoms with van der Waals surface area (Å²) in [5, 5.41) is 4.67. The number of primary sulfonamides is 1. The maximum Gasteiger partial charge on any atom is 0.310 e. The van der Waals surface area contributed by atoms with Gasteiger partial charge in [-0.1, -0.05) is 19.4 Å². The highest BCUT2D eigenvalue weighted by Gasteiger charge is 2.65. The molecule has 1 aromatic carbocycles. The number of benzene rings is 1. The van der Waals surface area contributed by atoms with Crippen molar-refractivity contribution in [3.8, 4) is 0 Å². The molecule has 0 spiro atoms. The Bertz CT molecular complexity index is 582. The Hall–Kier alpha value is -0.390. The van der Waals surface area contributed by atoms with E-state index < -0.39 is 34.5 Å². The molecule has 1 rings (SSSR count). The Morgan fingerprint density at radius 2 is 1.59 bits per heavy atom. The predicted molar refractivity (Wildman–Crippen MR) is 56.9 cm³/mol. The summed E-state index contributed by atoms with van der Waals surface area (Å²) in [6.07, 6.45) is 0. The molecule has 0 saturated heterocycles. The van der Waals surface area contributed by atoms with E-state index in [1.165, 1.54) is 0 Å². The van der Waals surface area contributed by atoms with Crippen LogP contribution in [0, 0.1) is 0 Å². The van der Waals surface area contributed by atoms with Gasteiger partial charge >= 0.3 is 10.2 Å². The third-order valence-corrected chi connectivity index (χ3v) is 4.69. The minimum Gasteiger partial charge on any atom is -0.225 e. The highest BCUT2D eigenvalue weighted by Crippen LogP contribution is 3.02. The van der Waals surface area contributed by atoms with Gasteiger partial charge in [-0.15, -0.1) is 0 Å². The van der Waals surface area contributed by atoms with Gasteiger partial charge in [0.2, 0.25) is 10.0 Å². The van der Waals surface area contributed by atoms with Crippen LogP contribution < -0.4 is 5.14 Å². The van der Waals surface area contributed by atoms with E-state index in [1.54, 1.807) is 0 Å². The largest absolute Gasteiger partial charge is 0.310 e. The van der Waals surface area contributed by atoms with Crippen molar-refractivity contribution in [3.05, 3.63) is 22.7 Å². The fourth-order valence-electron chi connectivity index (χ4n) is 0.952. The molecule has 3 nitrogen and oxygen atoms in total. The molecule has 0 bridgehead atoms. The van der Waals surface area contributed by atoms with Crippen molar-refractivity contribution in [1.82, 2.24) is 0 Å². The molecule has 11 heteroatoms. The summed E-state index contributed by atoms with van der Waals surface area (Å²) >= 11 is 2.45. The lowest BCUT2D eigenvalue weighted by atomic mass is 10.4. The second kappa shape index (κ2) is 3.13. The normalized spacial score (nSPS) is 17.4. The van der Waals surface area contributed by atoms with Crippen molar-refractivity contribution < 1.29 is 27.8 Å². The molecule has 100 valence electrons. The van der Waals surface area contributed by atoms with Crippen molar-refractivity contribution in [2.75, 3.05) is 0 Å². The topological polar surface area (TPSA) is 60.2 Å². The second-order valence-electron chi connectivity index (χ2n) is 3.11. The average molecular weight is 362 g/mol. The summed E-state index contributed by atoms with van der Waals surface area (Å²) in [6, 6.07) is 0.333. The van der Waals surface area contributed by atoms with Gasteiger partial charge in [0.05, 0.1) is 4.90 Å². The van der Waals surface area contributed by atoms with Gasteiger partial charge in [0.1, 0.15) is 4.90 Å². The van der Waals surface area contributed by atoms with E-state index in [4.69, 9.17) is 0 Å². The van der Waals surface area contributed by atoms with Crippen LogP contribution in [-0.2, 0) is 10.0 Å². The lowest BCUT2D eigenvalue weighted by Crippen LogP contribution is -2.14. The van der Waals surface area contributed by atoms with Crippen LogP contribution in [0.25, 0.3) is 0 Å². The van der Waals surface area contributed by atoms with Crippen LogP contribution in [0.3, 0.4) is 0 Å². The van der Waals surface area contributed by atoms with Crippen LogP contribution in [0.4, 0.5) is 19.4 Å². The third kappa shape index (κ3) is 3.53. The van der Waals surface area contributed by atoms with E-state index in [1.807, 2.05) is 0 Å². The van der Waals surface area contributed by atoms with Crippen molar-refractivity contribution in [2.24, 2.45) is 5.14 Å². The number of halogens is 6. The number of nitrogens with two attached hydrogens (primary N) is 1. The molecule has 0 aromatic heterocycles. The van der Waals surface area contributed by atoms with Gasteiger partial charge in [0.25, 0.3) is 0 Å². The van der Waals surface area contributed by atoms with Crippen molar-refractivity contribution in [2.45, 2.75) is 9.79 Å². The van der Waals surface area contributed by atoms with Crippen molar-refractivity contribution in [1.29, 1.82) is 0 Å². The van der Waals surface area contributed by atoms with Gasteiger partial charge < -0.3 is 0 Å². The fourth-order valence-corrected chi connectivity index (χ4v) is 3.41. The first-order valence-electron chi connectivity index (χ1n) is 3.68. The maximum absolute atomic E-state index is 12.4. The Balaban J connectivity index is 3.56. The molecular formula is C6H5BrF5NO2S2. The SMILES string of the molecule is NS(=O)(=O)c1ccc(S(F)(F)(F)(F)F)cc1Br. The number of rotatable bonds is 2. The first-order chi connectivity index (χ1) is 7.11. The monoisotopic (exact) mass is 361 g/mol. The first kappa shape index (κ1) is 14.7. The van der Waals surface area contributed by atoms with Crippen LogP contribution in [0.2, 0.25) is 0 Å². The molecule has 0 atom stereocenters. The Morgan fingerprint density at radius 3 is 1.88 bits per heavy atom. The smallest absolute Gasteiger partial charge is 0.225 e. The van der Waals surface area contributed by atoms with Gasteiger partial charge in [0.15, 0.2) is 0 Å². The molecular weight excluding hydrogens is 357 g/mol. The molecule has 0 aliphatic rings. The zero-order valence-electron chi connectivity index (χ0n) is 7.71. The van der Waals surface area contributed by atoms with Crippen LogP contribution in [0.15, 0.2) is 32.5 Å².